The molecule has 0 saturated heterocycles. The van der Waals surface area contributed by atoms with Crippen molar-refractivity contribution in [1.82, 2.24) is 15.3 Å². The molecule has 0 unspecified atom stereocenters. The van der Waals surface area contributed by atoms with Gasteiger partial charge < -0.3 is 16.0 Å². The Morgan fingerprint density at radius 1 is 1.28 bits per heavy atom. The Labute approximate surface area is 109 Å². The lowest BCUT2D eigenvalue weighted by molar-refractivity contribution is 0.444. The van der Waals surface area contributed by atoms with Gasteiger partial charge in [-0.05, 0) is 40.2 Å². The summed E-state index contributed by atoms with van der Waals surface area (Å²) in [6, 6.07) is 2.57. The molecule has 0 spiro atoms. The third kappa shape index (κ3) is 3.57. The van der Waals surface area contributed by atoms with Crippen LogP contribution in [0.15, 0.2) is 12.4 Å². The van der Waals surface area contributed by atoms with Crippen molar-refractivity contribution in [3.05, 3.63) is 12.4 Å². The standard InChI is InChI=1S/C13H23N5/c1-13(2,14-3)8-15-11-7-12(17-9-16-11)18-10-5-4-6-10/h7,9-10,14H,4-6,8H2,1-3H3,(H2,15,16,17,18). The van der Waals surface area contributed by atoms with Gasteiger partial charge in [0.1, 0.15) is 18.0 Å². The number of hydrogen-bond acceptors (Lipinski definition) is 5. The second kappa shape index (κ2) is 5.52. The molecule has 0 radical (unpaired) electrons. The maximum Gasteiger partial charge on any atom is 0.131 e. The Hall–Kier alpha value is -1.36. The third-order valence-electron chi connectivity index (χ3n) is 3.51. The summed E-state index contributed by atoms with van der Waals surface area (Å²) in [6.07, 6.45) is 5.43. The van der Waals surface area contributed by atoms with Gasteiger partial charge in [-0.3, -0.25) is 0 Å². The Morgan fingerprint density at radius 2 is 2.00 bits per heavy atom. The lowest BCUT2D eigenvalue weighted by atomic mass is 9.93. The summed E-state index contributed by atoms with van der Waals surface area (Å²) in [5.74, 6) is 1.79. The predicted molar refractivity (Wildman–Crippen MR) is 74.9 cm³/mol. The second-order valence-corrected chi connectivity index (χ2v) is 5.55. The van der Waals surface area contributed by atoms with Gasteiger partial charge in [0.25, 0.3) is 0 Å². The van der Waals surface area contributed by atoms with Gasteiger partial charge in [0, 0.05) is 24.2 Å². The van der Waals surface area contributed by atoms with Gasteiger partial charge >= 0.3 is 0 Å². The van der Waals surface area contributed by atoms with Crippen LogP contribution in [0.3, 0.4) is 0 Å². The molecular formula is C13H23N5. The van der Waals surface area contributed by atoms with E-state index in [-0.39, 0.29) is 5.54 Å². The number of nitrogens with zero attached hydrogens (tertiary/aromatic N) is 2. The Morgan fingerprint density at radius 3 is 2.61 bits per heavy atom. The van der Waals surface area contributed by atoms with Crippen LogP contribution in [0.1, 0.15) is 33.1 Å². The summed E-state index contributed by atoms with van der Waals surface area (Å²) in [5, 5.41) is 10.0. The van der Waals surface area contributed by atoms with E-state index in [1.807, 2.05) is 13.1 Å². The number of nitrogens with one attached hydrogen (secondary N) is 3. The lowest BCUT2D eigenvalue weighted by Gasteiger charge is -2.27. The van der Waals surface area contributed by atoms with Crippen molar-refractivity contribution in [2.45, 2.75) is 44.7 Å². The summed E-state index contributed by atoms with van der Waals surface area (Å²) < 4.78 is 0. The first-order chi connectivity index (χ1) is 8.59. The number of aromatic nitrogens is 2. The minimum atomic E-state index is 0.0481. The van der Waals surface area contributed by atoms with Gasteiger partial charge in [0.05, 0.1) is 0 Å². The van der Waals surface area contributed by atoms with Crippen molar-refractivity contribution in [3.8, 4) is 0 Å². The smallest absolute Gasteiger partial charge is 0.131 e. The third-order valence-corrected chi connectivity index (χ3v) is 3.51. The molecule has 1 aromatic rings. The maximum absolute atomic E-state index is 4.25. The predicted octanol–water partition coefficient (Wildman–Crippen LogP) is 1.85. The molecule has 5 nitrogen and oxygen atoms in total. The molecule has 5 heteroatoms. The SMILES string of the molecule is CNC(C)(C)CNc1cc(NC2CCC2)ncn1. The number of rotatable bonds is 6. The molecule has 0 atom stereocenters. The van der Waals surface area contributed by atoms with Crippen LogP contribution in [0.4, 0.5) is 11.6 Å². The van der Waals surface area contributed by atoms with Crippen LogP contribution in [0.25, 0.3) is 0 Å². The van der Waals surface area contributed by atoms with Crippen molar-refractivity contribution in [2.24, 2.45) is 0 Å². The molecule has 0 amide bonds. The maximum atomic E-state index is 4.25. The van der Waals surface area contributed by atoms with Crippen molar-refractivity contribution >= 4 is 11.6 Å². The van der Waals surface area contributed by atoms with Gasteiger partial charge in [0.2, 0.25) is 0 Å². The Bertz CT molecular complexity index is 387. The zero-order chi connectivity index (χ0) is 13.0. The fraction of sp³-hybridized carbons (Fsp3) is 0.692. The zero-order valence-corrected chi connectivity index (χ0v) is 11.5. The molecule has 2 rings (SSSR count). The van der Waals surface area contributed by atoms with E-state index in [0.717, 1.165) is 18.2 Å². The molecule has 0 bridgehead atoms. The highest BCUT2D eigenvalue weighted by atomic mass is 15.1. The van der Waals surface area contributed by atoms with Crippen LogP contribution in [0.5, 0.6) is 0 Å². The van der Waals surface area contributed by atoms with Crippen LogP contribution < -0.4 is 16.0 Å². The molecule has 100 valence electrons. The average Bonchev–Trinajstić information content (AvgIpc) is 2.32. The van der Waals surface area contributed by atoms with Crippen molar-refractivity contribution < 1.29 is 0 Å². The summed E-state index contributed by atoms with van der Waals surface area (Å²) >= 11 is 0. The van der Waals surface area contributed by atoms with Gasteiger partial charge in [0.15, 0.2) is 0 Å². The molecule has 0 aromatic carbocycles. The quantitative estimate of drug-likeness (QED) is 0.718. The molecule has 1 saturated carbocycles. The Kier molecular flexibility index (Phi) is 4.01. The van der Waals surface area contributed by atoms with Crippen LogP contribution >= 0.6 is 0 Å². The van der Waals surface area contributed by atoms with Crippen molar-refractivity contribution in [2.75, 3.05) is 24.2 Å². The van der Waals surface area contributed by atoms with Crippen LogP contribution in [0.2, 0.25) is 0 Å². The van der Waals surface area contributed by atoms with E-state index < -0.39 is 0 Å². The van der Waals surface area contributed by atoms with Gasteiger partial charge in [-0.15, -0.1) is 0 Å². The molecule has 1 aliphatic carbocycles. The monoisotopic (exact) mass is 249 g/mol. The molecular weight excluding hydrogens is 226 g/mol. The largest absolute Gasteiger partial charge is 0.368 e. The lowest BCUT2D eigenvalue weighted by Crippen LogP contribution is -2.42. The number of anilines is 2. The minimum Gasteiger partial charge on any atom is -0.368 e. The van der Waals surface area contributed by atoms with E-state index in [9.17, 15) is 0 Å². The highest BCUT2D eigenvalue weighted by Crippen LogP contribution is 2.22. The highest BCUT2D eigenvalue weighted by Gasteiger charge is 2.18. The molecule has 18 heavy (non-hydrogen) atoms. The average molecular weight is 249 g/mol. The van der Waals surface area contributed by atoms with Crippen molar-refractivity contribution in [1.29, 1.82) is 0 Å². The van der Waals surface area contributed by atoms with E-state index in [1.165, 1.54) is 19.3 Å². The fourth-order valence-corrected chi connectivity index (χ4v) is 1.69. The number of likely N-dealkylation sites (N-methyl/N-ethyl adjacent to an activating group) is 1. The minimum absolute atomic E-state index is 0.0481. The number of hydrogen-bond donors (Lipinski definition) is 3. The van der Waals surface area contributed by atoms with E-state index in [4.69, 9.17) is 0 Å². The van der Waals surface area contributed by atoms with Gasteiger partial charge in [-0.1, -0.05) is 0 Å². The first-order valence-corrected chi connectivity index (χ1v) is 6.60. The van der Waals surface area contributed by atoms with Crippen LogP contribution in [0, 0.1) is 0 Å². The molecule has 0 aliphatic heterocycles. The molecule has 1 fully saturated rings. The zero-order valence-electron chi connectivity index (χ0n) is 11.5. The fourth-order valence-electron chi connectivity index (χ4n) is 1.69. The van der Waals surface area contributed by atoms with E-state index in [2.05, 4.69) is 39.8 Å². The highest BCUT2D eigenvalue weighted by molar-refractivity contribution is 5.47. The molecule has 1 aliphatic rings. The molecule has 1 aromatic heterocycles. The molecule has 1 heterocycles. The second-order valence-electron chi connectivity index (χ2n) is 5.55. The van der Waals surface area contributed by atoms with E-state index in [0.29, 0.717) is 6.04 Å². The summed E-state index contributed by atoms with van der Waals surface area (Å²) in [7, 11) is 1.96. The normalized spacial score (nSPS) is 16.2. The Balaban J connectivity index is 1.90. The van der Waals surface area contributed by atoms with Gasteiger partial charge in [-0.25, -0.2) is 9.97 Å². The van der Waals surface area contributed by atoms with Crippen molar-refractivity contribution in [3.63, 3.8) is 0 Å². The first kappa shape index (κ1) is 13.1. The summed E-state index contributed by atoms with van der Waals surface area (Å²) in [5.41, 5.74) is 0.0481. The van der Waals surface area contributed by atoms with E-state index in [1.54, 1.807) is 6.33 Å². The van der Waals surface area contributed by atoms with E-state index >= 15 is 0 Å². The van der Waals surface area contributed by atoms with Gasteiger partial charge in [-0.2, -0.15) is 0 Å². The van der Waals surface area contributed by atoms with Crippen LogP contribution in [-0.2, 0) is 0 Å². The first-order valence-electron chi connectivity index (χ1n) is 6.60. The topological polar surface area (TPSA) is 61.9 Å². The summed E-state index contributed by atoms with van der Waals surface area (Å²) in [6.45, 7) is 5.12. The molecule has 3 N–H and O–H groups in total. The summed E-state index contributed by atoms with van der Waals surface area (Å²) in [4.78, 5) is 8.49. The van der Waals surface area contributed by atoms with Crippen LogP contribution in [-0.4, -0.2) is 35.1 Å².